The van der Waals surface area contributed by atoms with Crippen molar-refractivity contribution in [3.63, 3.8) is 0 Å². The summed E-state index contributed by atoms with van der Waals surface area (Å²) in [6.07, 6.45) is 1.47. The number of ether oxygens (including phenoxy) is 1. The van der Waals surface area contributed by atoms with Crippen molar-refractivity contribution in [2.75, 3.05) is 18.5 Å². The largest absolute Gasteiger partial charge is 0.389 e. The highest BCUT2D eigenvalue weighted by molar-refractivity contribution is 5.85. The summed E-state index contributed by atoms with van der Waals surface area (Å²) in [6.45, 7) is 1.09. The first-order valence-electron chi connectivity index (χ1n) is 6.17. The molecule has 4 nitrogen and oxygen atoms in total. The van der Waals surface area contributed by atoms with Gasteiger partial charge >= 0.3 is 0 Å². The SMILES string of the molecule is Cl.NCCc1ccc2c(c1)[C@@H]1C[C@H](N2)[C@H](O)CO1. The molecule has 0 unspecified atom stereocenters. The number of fused-ring (bicyclic) bond motifs is 4. The van der Waals surface area contributed by atoms with Crippen molar-refractivity contribution in [1.82, 2.24) is 0 Å². The van der Waals surface area contributed by atoms with Crippen molar-refractivity contribution in [1.29, 1.82) is 0 Å². The zero-order valence-corrected chi connectivity index (χ0v) is 11.0. The minimum atomic E-state index is -0.400. The van der Waals surface area contributed by atoms with Crippen molar-refractivity contribution < 1.29 is 9.84 Å². The Morgan fingerprint density at radius 1 is 1.44 bits per heavy atom. The van der Waals surface area contributed by atoms with Crippen LogP contribution >= 0.6 is 12.4 Å². The van der Waals surface area contributed by atoms with Gasteiger partial charge in [-0.1, -0.05) is 12.1 Å². The van der Waals surface area contributed by atoms with E-state index in [0.29, 0.717) is 13.2 Å². The third-order valence-electron chi connectivity index (χ3n) is 3.64. The van der Waals surface area contributed by atoms with Crippen LogP contribution in [0.2, 0.25) is 0 Å². The quantitative estimate of drug-likeness (QED) is 0.756. The van der Waals surface area contributed by atoms with Crippen molar-refractivity contribution in [2.24, 2.45) is 5.73 Å². The maximum absolute atomic E-state index is 9.78. The highest BCUT2D eigenvalue weighted by Gasteiger charge is 2.36. The number of hydrogen-bond donors (Lipinski definition) is 3. The Bertz CT molecular complexity index is 427. The number of aliphatic hydroxyl groups excluding tert-OH is 1. The number of aliphatic hydroxyl groups is 1. The van der Waals surface area contributed by atoms with Crippen LogP contribution in [0.15, 0.2) is 18.2 Å². The molecule has 0 radical (unpaired) electrons. The lowest BCUT2D eigenvalue weighted by molar-refractivity contribution is -0.0672. The monoisotopic (exact) mass is 270 g/mol. The average Bonchev–Trinajstić information content (AvgIpc) is 2.35. The van der Waals surface area contributed by atoms with Crippen LogP contribution in [-0.2, 0) is 11.2 Å². The molecule has 5 heteroatoms. The van der Waals surface area contributed by atoms with E-state index in [9.17, 15) is 5.11 Å². The number of nitrogens with two attached hydrogens (primary N) is 1. The van der Waals surface area contributed by atoms with E-state index in [2.05, 4.69) is 23.5 Å². The first-order valence-corrected chi connectivity index (χ1v) is 6.17. The third kappa shape index (κ3) is 2.34. The number of anilines is 1. The first kappa shape index (κ1) is 13.6. The second kappa shape index (κ2) is 5.45. The van der Waals surface area contributed by atoms with Gasteiger partial charge in [-0.05, 0) is 24.6 Å². The van der Waals surface area contributed by atoms with E-state index < -0.39 is 6.10 Å². The molecule has 18 heavy (non-hydrogen) atoms. The molecule has 1 saturated heterocycles. The molecule has 0 aromatic heterocycles. The maximum atomic E-state index is 9.78. The fraction of sp³-hybridized carbons (Fsp3) is 0.538. The van der Waals surface area contributed by atoms with Crippen LogP contribution in [0, 0.1) is 0 Å². The van der Waals surface area contributed by atoms with Gasteiger partial charge in [-0.2, -0.15) is 0 Å². The molecule has 1 aromatic carbocycles. The van der Waals surface area contributed by atoms with Gasteiger partial charge in [0.15, 0.2) is 0 Å². The fourth-order valence-corrected chi connectivity index (χ4v) is 2.69. The first-order chi connectivity index (χ1) is 8.28. The minimum Gasteiger partial charge on any atom is -0.389 e. The highest BCUT2D eigenvalue weighted by atomic mass is 35.5. The Labute approximate surface area is 113 Å². The van der Waals surface area contributed by atoms with E-state index in [-0.39, 0.29) is 24.6 Å². The predicted octanol–water partition coefficient (Wildman–Crippen LogP) is 1.23. The van der Waals surface area contributed by atoms with E-state index in [1.165, 1.54) is 11.1 Å². The average molecular weight is 271 g/mol. The number of rotatable bonds is 2. The summed E-state index contributed by atoms with van der Waals surface area (Å²) in [5, 5.41) is 13.2. The van der Waals surface area contributed by atoms with Crippen LogP contribution in [0.3, 0.4) is 0 Å². The molecule has 3 atom stereocenters. The Morgan fingerprint density at radius 2 is 2.28 bits per heavy atom. The summed E-state index contributed by atoms with van der Waals surface area (Å²) < 4.78 is 5.70. The summed E-state index contributed by atoms with van der Waals surface area (Å²) in [4.78, 5) is 0. The number of halogens is 1. The molecule has 1 fully saturated rings. The molecule has 2 heterocycles. The van der Waals surface area contributed by atoms with Crippen LogP contribution in [0.1, 0.15) is 23.7 Å². The van der Waals surface area contributed by atoms with Gasteiger partial charge in [-0.15, -0.1) is 12.4 Å². The number of nitrogens with one attached hydrogen (secondary N) is 1. The second-order valence-corrected chi connectivity index (χ2v) is 4.84. The van der Waals surface area contributed by atoms with E-state index in [1.54, 1.807) is 0 Å². The molecule has 0 amide bonds. The summed E-state index contributed by atoms with van der Waals surface area (Å²) in [5.74, 6) is 0. The molecule has 2 bridgehead atoms. The molecular formula is C13H19ClN2O2. The normalized spacial score (nSPS) is 28.9. The predicted molar refractivity (Wildman–Crippen MR) is 73.2 cm³/mol. The van der Waals surface area contributed by atoms with E-state index in [4.69, 9.17) is 10.5 Å². The molecular weight excluding hydrogens is 252 g/mol. The number of hydrogen-bond acceptors (Lipinski definition) is 4. The van der Waals surface area contributed by atoms with Gasteiger partial charge in [0.25, 0.3) is 0 Å². The zero-order chi connectivity index (χ0) is 11.8. The second-order valence-electron chi connectivity index (χ2n) is 4.84. The van der Waals surface area contributed by atoms with Crippen LogP contribution < -0.4 is 11.1 Å². The molecule has 3 rings (SSSR count). The molecule has 1 aromatic rings. The molecule has 4 N–H and O–H groups in total. The van der Waals surface area contributed by atoms with Gasteiger partial charge in [0, 0.05) is 17.7 Å². The Hall–Kier alpha value is -0.810. The standard InChI is InChI=1S/C13H18N2O2.ClH/c14-4-3-8-1-2-10-9(5-8)13-6-11(15-10)12(16)7-17-13;/h1-2,5,11-13,15-16H,3-4,6-7,14H2;1H/t11-,12+,13-;/m0./s1. The van der Waals surface area contributed by atoms with E-state index in [0.717, 1.165) is 18.5 Å². The number of benzene rings is 1. The van der Waals surface area contributed by atoms with Gasteiger partial charge in [-0.3, -0.25) is 0 Å². The molecule has 2 aliphatic rings. The van der Waals surface area contributed by atoms with Gasteiger partial charge < -0.3 is 20.9 Å². The topological polar surface area (TPSA) is 67.5 Å². The van der Waals surface area contributed by atoms with Gasteiger partial charge in [0.05, 0.1) is 24.9 Å². The van der Waals surface area contributed by atoms with Crippen molar-refractivity contribution in [3.05, 3.63) is 29.3 Å². The minimum absolute atomic E-state index is 0. The summed E-state index contributed by atoms with van der Waals surface area (Å²) in [5.41, 5.74) is 9.12. The third-order valence-corrected chi connectivity index (χ3v) is 3.64. The van der Waals surface area contributed by atoms with E-state index in [1.807, 2.05) is 0 Å². The summed E-state index contributed by atoms with van der Waals surface area (Å²) in [6, 6.07) is 6.46. The van der Waals surface area contributed by atoms with Crippen LogP contribution in [-0.4, -0.2) is 30.4 Å². The van der Waals surface area contributed by atoms with Gasteiger partial charge in [0.2, 0.25) is 0 Å². The van der Waals surface area contributed by atoms with Crippen molar-refractivity contribution in [3.8, 4) is 0 Å². The summed E-state index contributed by atoms with van der Waals surface area (Å²) >= 11 is 0. The molecule has 100 valence electrons. The lowest BCUT2D eigenvalue weighted by atomic mass is 9.89. The van der Waals surface area contributed by atoms with E-state index >= 15 is 0 Å². The summed E-state index contributed by atoms with van der Waals surface area (Å²) in [7, 11) is 0. The lowest BCUT2D eigenvalue weighted by Gasteiger charge is -2.40. The highest BCUT2D eigenvalue weighted by Crippen LogP contribution is 2.39. The van der Waals surface area contributed by atoms with Crippen LogP contribution in [0.5, 0.6) is 0 Å². The molecule has 0 saturated carbocycles. The Balaban J connectivity index is 0.00000120. The van der Waals surface area contributed by atoms with Gasteiger partial charge in [0.1, 0.15) is 0 Å². The Kier molecular flexibility index (Phi) is 4.12. The smallest absolute Gasteiger partial charge is 0.0975 e. The lowest BCUT2D eigenvalue weighted by Crippen LogP contribution is -2.45. The fourth-order valence-electron chi connectivity index (χ4n) is 2.69. The van der Waals surface area contributed by atoms with Crippen molar-refractivity contribution in [2.45, 2.75) is 31.1 Å². The molecule has 0 spiro atoms. The van der Waals surface area contributed by atoms with Gasteiger partial charge in [-0.25, -0.2) is 0 Å². The van der Waals surface area contributed by atoms with Crippen LogP contribution in [0.25, 0.3) is 0 Å². The van der Waals surface area contributed by atoms with Crippen molar-refractivity contribution >= 4 is 18.1 Å². The molecule has 0 aliphatic carbocycles. The Morgan fingerprint density at radius 3 is 3.06 bits per heavy atom. The molecule has 2 aliphatic heterocycles. The maximum Gasteiger partial charge on any atom is 0.0975 e. The zero-order valence-electron chi connectivity index (χ0n) is 10.1. The van der Waals surface area contributed by atoms with Crippen LogP contribution in [0.4, 0.5) is 5.69 Å².